The van der Waals surface area contributed by atoms with Crippen molar-refractivity contribution < 1.29 is 22.7 Å². The lowest BCUT2D eigenvalue weighted by Gasteiger charge is -2.10. The summed E-state index contributed by atoms with van der Waals surface area (Å²) in [6.07, 6.45) is -3.12. The largest absolute Gasteiger partial charge is 0.573 e. The third kappa shape index (κ3) is 6.91. The lowest BCUT2D eigenvalue weighted by atomic mass is 10.2. The van der Waals surface area contributed by atoms with E-state index in [1.165, 1.54) is 12.1 Å². The Morgan fingerprint density at radius 3 is 2.68 bits per heavy atom. The molecule has 0 aliphatic heterocycles. The molecule has 0 atom stereocenters. The molecule has 0 aliphatic rings. The van der Waals surface area contributed by atoms with Crippen LogP contribution in [0.4, 0.5) is 18.9 Å². The minimum atomic E-state index is -4.75. The molecule has 0 saturated carbocycles. The van der Waals surface area contributed by atoms with Gasteiger partial charge in [0.05, 0.1) is 0 Å². The highest BCUT2D eigenvalue weighted by molar-refractivity contribution is 6.17. The number of halogens is 4. The fraction of sp³-hybridized carbons (Fsp3) is 0.417. The zero-order chi connectivity index (χ0) is 14.3. The predicted molar refractivity (Wildman–Crippen MR) is 66.3 cm³/mol. The molecule has 0 radical (unpaired) electrons. The Morgan fingerprint density at radius 1 is 1.32 bits per heavy atom. The van der Waals surface area contributed by atoms with Crippen LogP contribution in [0, 0.1) is 0 Å². The molecule has 1 amide bonds. The Labute approximate surface area is 113 Å². The van der Waals surface area contributed by atoms with Crippen molar-refractivity contribution in [1.29, 1.82) is 0 Å². The molecular weight excluding hydrogens is 283 g/mol. The van der Waals surface area contributed by atoms with Crippen molar-refractivity contribution in [2.75, 3.05) is 11.2 Å². The van der Waals surface area contributed by atoms with Crippen molar-refractivity contribution in [3.05, 3.63) is 24.3 Å². The highest BCUT2D eigenvalue weighted by Crippen LogP contribution is 2.25. The summed E-state index contributed by atoms with van der Waals surface area (Å²) in [5.41, 5.74) is 0.262. The number of nitrogens with one attached hydrogen (secondary N) is 1. The molecule has 0 saturated heterocycles. The molecule has 0 fully saturated rings. The fourth-order valence-corrected chi connectivity index (χ4v) is 1.56. The van der Waals surface area contributed by atoms with Crippen molar-refractivity contribution in [2.45, 2.75) is 25.6 Å². The van der Waals surface area contributed by atoms with Crippen LogP contribution >= 0.6 is 11.6 Å². The van der Waals surface area contributed by atoms with Gasteiger partial charge in [-0.2, -0.15) is 0 Å². The van der Waals surface area contributed by atoms with Crippen molar-refractivity contribution in [3.8, 4) is 5.75 Å². The van der Waals surface area contributed by atoms with E-state index in [9.17, 15) is 18.0 Å². The third-order valence-electron chi connectivity index (χ3n) is 2.14. The second kappa shape index (κ2) is 7.23. The highest BCUT2D eigenvalue weighted by Gasteiger charge is 2.31. The summed E-state index contributed by atoms with van der Waals surface area (Å²) in [7, 11) is 0. The fourth-order valence-electron chi connectivity index (χ4n) is 1.37. The number of benzene rings is 1. The number of carbonyl (C=O) groups excluding carboxylic acids is 1. The molecular formula is C12H13ClF3NO2. The molecule has 0 spiro atoms. The molecule has 1 N–H and O–H groups in total. The first-order valence-corrected chi connectivity index (χ1v) is 6.16. The van der Waals surface area contributed by atoms with Gasteiger partial charge in [-0.3, -0.25) is 4.79 Å². The van der Waals surface area contributed by atoms with Crippen LogP contribution in [0.3, 0.4) is 0 Å². The van der Waals surface area contributed by atoms with Crippen LogP contribution in [0.15, 0.2) is 24.3 Å². The van der Waals surface area contributed by atoms with Crippen molar-refractivity contribution >= 4 is 23.2 Å². The van der Waals surface area contributed by atoms with Gasteiger partial charge in [-0.25, -0.2) is 0 Å². The lowest BCUT2D eigenvalue weighted by molar-refractivity contribution is -0.274. The summed E-state index contributed by atoms with van der Waals surface area (Å²) in [4.78, 5) is 11.5. The maximum Gasteiger partial charge on any atom is 0.573 e. The Bertz CT molecular complexity index is 424. The topological polar surface area (TPSA) is 38.3 Å². The van der Waals surface area contributed by atoms with E-state index >= 15 is 0 Å². The number of hydrogen-bond acceptors (Lipinski definition) is 2. The van der Waals surface area contributed by atoms with Gasteiger partial charge in [0.15, 0.2) is 0 Å². The first-order valence-electron chi connectivity index (χ1n) is 5.62. The molecule has 1 aromatic carbocycles. The maximum absolute atomic E-state index is 12.0. The highest BCUT2D eigenvalue weighted by atomic mass is 35.5. The zero-order valence-electron chi connectivity index (χ0n) is 9.97. The van der Waals surface area contributed by atoms with E-state index < -0.39 is 6.36 Å². The average molecular weight is 296 g/mol. The lowest BCUT2D eigenvalue weighted by Crippen LogP contribution is -2.17. The van der Waals surface area contributed by atoms with Crippen molar-refractivity contribution in [3.63, 3.8) is 0 Å². The number of amides is 1. The minimum absolute atomic E-state index is 0.262. The first kappa shape index (κ1) is 15.6. The number of rotatable bonds is 6. The molecule has 1 rings (SSSR count). The van der Waals surface area contributed by atoms with Gasteiger partial charge in [0.25, 0.3) is 0 Å². The molecule has 0 heterocycles. The van der Waals surface area contributed by atoms with Crippen molar-refractivity contribution in [2.24, 2.45) is 0 Å². The van der Waals surface area contributed by atoms with Crippen LogP contribution < -0.4 is 10.1 Å². The van der Waals surface area contributed by atoms with Crippen LogP contribution in [0.2, 0.25) is 0 Å². The summed E-state index contributed by atoms with van der Waals surface area (Å²) >= 11 is 5.47. The van der Waals surface area contributed by atoms with Gasteiger partial charge >= 0.3 is 6.36 Å². The summed E-state index contributed by atoms with van der Waals surface area (Å²) in [5.74, 6) is -0.164. The summed E-state index contributed by atoms with van der Waals surface area (Å²) in [6, 6.07) is 5.14. The molecule has 106 valence electrons. The van der Waals surface area contributed by atoms with Crippen molar-refractivity contribution in [1.82, 2.24) is 0 Å². The Balaban J connectivity index is 2.54. The Hall–Kier alpha value is -1.43. The van der Waals surface area contributed by atoms with Crippen LogP contribution in [0.1, 0.15) is 19.3 Å². The minimum Gasteiger partial charge on any atom is -0.406 e. The number of anilines is 1. The molecule has 7 heteroatoms. The molecule has 0 aromatic heterocycles. The number of hydrogen-bond donors (Lipinski definition) is 1. The SMILES string of the molecule is O=C(CCCCCl)Nc1cccc(OC(F)(F)F)c1. The second-order valence-corrected chi connectivity index (χ2v) is 4.15. The zero-order valence-corrected chi connectivity index (χ0v) is 10.7. The van der Waals surface area contributed by atoms with Gasteiger partial charge in [0.1, 0.15) is 5.75 Å². The van der Waals surface area contributed by atoms with Gasteiger partial charge in [0, 0.05) is 24.1 Å². The molecule has 3 nitrogen and oxygen atoms in total. The standard InChI is InChI=1S/C12H13ClF3NO2/c13-7-2-1-6-11(18)17-9-4-3-5-10(8-9)19-12(14,15)16/h3-5,8H,1-2,6-7H2,(H,17,18). The molecule has 0 aliphatic carbocycles. The Morgan fingerprint density at radius 2 is 2.05 bits per heavy atom. The monoisotopic (exact) mass is 295 g/mol. The van der Waals surface area contributed by atoms with E-state index in [4.69, 9.17) is 11.6 Å². The number of carbonyl (C=O) groups is 1. The average Bonchev–Trinajstić information content (AvgIpc) is 2.27. The van der Waals surface area contributed by atoms with Gasteiger partial charge < -0.3 is 10.1 Å². The second-order valence-electron chi connectivity index (χ2n) is 3.77. The number of unbranched alkanes of at least 4 members (excludes halogenated alkanes) is 1. The van der Waals surface area contributed by atoms with Gasteiger partial charge in [-0.05, 0) is 25.0 Å². The van der Waals surface area contributed by atoms with E-state index in [0.29, 0.717) is 18.7 Å². The number of alkyl halides is 4. The van der Waals surface area contributed by atoms with E-state index in [2.05, 4.69) is 10.1 Å². The molecule has 19 heavy (non-hydrogen) atoms. The van der Waals surface area contributed by atoms with Gasteiger partial charge in [0.2, 0.25) is 5.91 Å². The van der Waals surface area contributed by atoms with Crippen LogP contribution in [-0.2, 0) is 4.79 Å². The molecule has 1 aromatic rings. The Kier molecular flexibility index (Phi) is 5.95. The third-order valence-corrected chi connectivity index (χ3v) is 2.41. The van der Waals surface area contributed by atoms with Gasteiger partial charge in [-0.15, -0.1) is 24.8 Å². The molecule has 0 bridgehead atoms. The van der Waals surface area contributed by atoms with E-state index in [1.54, 1.807) is 0 Å². The quantitative estimate of drug-likeness (QED) is 0.638. The van der Waals surface area contributed by atoms with Gasteiger partial charge in [-0.1, -0.05) is 6.07 Å². The predicted octanol–water partition coefficient (Wildman–Crippen LogP) is 3.93. The summed E-state index contributed by atoms with van der Waals surface area (Å²) < 4.78 is 39.8. The van der Waals surface area contributed by atoms with Crippen LogP contribution in [-0.4, -0.2) is 18.1 Å². The molecule has 0 unspecified atom stereocenters. The van der Waals surface area contributed by atoms with Crippen LogP contribution in [0.5, 0.6) is 5.75 Å². The maximum atomic E-state index is 12.0. The van der Waals surface area contributed by atoms with E-state index in [-0.39, 0.29) is 23.8 Å². The summed E-state index contributed by atoms with van der Waals surface area (Å²) in [5, 5.41) is 2.50. The first-order chi connectivity index (χ1) is 8.90. The van der Waals surface area contributed by atoms with E-state index in [1.807, 2.05) is 0 Å². The normalized spacial score (nSPS) is 11.2. The number of ether oxygens (including phenoxy) is 1. The van der Waals surface area contributed by atoms with Crippen LogP contribution in [0.25, 0.3) is 0 Å². The van der Waals surface area contributed by atoms with E-state index in [0.717, 1.165) is 12.1 Å². The summed E-state index contributed by atoms with van der Waals surface area (Å²) in [6.45, 7) is 0. The smallest absolute Gasteiger partial charge is 0.406 e.